The topological polar surface area (TPSA) is 59.1 Å². The first-order chi connectivity index (χ1) is 19.0. The molecule has 0 bridgehead atoms. The second kappa shape index (κ2) is 11.1. The van der Waals surface area contributed by atoms with E-state index >= 15 is 0 Å². The molecule has 1 atom stereocenters. The van der Waals surface area contributed by atoms with Gasteiger partial charge in [0, 0.05) is 34.7 Å². The number of piperidine rings is 1. The van der Waals surface area contributed by atoms with E-state index in [0.29, 0.717) is 49.0 Å². The fraction of sp³-hybridized carbons (Fsp3) is 0.310. The van der Waals surface area contributed by atoms with Crippen LogP contribution in [-0.4, -0.2) is 53.7 Å². The van der Waals surface area contributed by atoms with Crippen LogP contribution in [0.5, 0.6) is 11.5 Å². The van der Waals surface area contributed by atoms with Crippen LogP contribution in [-0.2, 0) is 16.1 Å². The van der Waals surface area contributed by atoms with Crippen LogP contribution in [0.15, 0.2) is 72.8 Å². The van der Waals surface area contributed by atoms with E-state index in [1.165, 1.54) is 53.4 Å². The predicted molar refractivity (Wildman–Crippen MR) is 138 cm³/mol. The Morgan fingerprint density at radius 3 is 2.25 bits per heavy atom. The highest BCUT2D eigenvalue weighted by atomic mass is 35.5. The highest BCUT2D eigenvalue weighted by molar-refractivity contribution is 6.30. The van der Waals surface area contributed by atoms with E-state index in [9.17, 15) is 27.2 Å². The van der Waals surface area contributed by atoms with Crippen molar-refractivity contribution in [3.8, 4) is 11.5 Å². The van der Waals surface area contributed by atoms with Gasteiger partial charge in [0.05, 0.1) is 0 Å². The molecule has 0 radical (unpaired) electrons. The van der Waals surface area contributed by atoms with Gasteiger partial charge in [-0.25, -0.2) is 9.18 Å². The molecule has 1 unspecified atom stereocenters. The molecule has 210 valence electrons. The predicted octanol–water partition coefficient (Wildman–Crippen LogP) is 6.44. The minimum absolute atomic E-state index is 0.169. The van der Waals surface area contributed by atoms with Crippen LogP contribution in [0.25, 0.3) is 0 Å². The number of hydrogen-bond donors (Lipinski definition) is 0. The maximum absolute atomic E-state index is 13.3. The Labute approximate surface area is 233 Å². The molecular formula is C29H25ClF4N2O4. The normalized spacial score (nSPS) is 18.7. The van der Waals surface area contributed by atoms with Gasteiger partial charge in [0.2, 0.25) is 0 Å². The monoisotopic (exact) mass is 576 g/mol. The number of ether oxygens (including phenoxy) is 2. The number of amides is 1. The minimum atomic E-state index is -5.18. The molecular weight excluding hydrogens is 552 g/mol. The van der Waals surface area contributed by atoms with Gasteiger partial charge in [0.15, 0.2) is 6.23 Å². The summed E-state index contributed by atoms with van der Waals surface area (Å²) in [6.45, 7) is 1.69. The van der Waals surface area contributed by atoms with E-state index in [1.807, 2.05) is 24.3 Å². The maximum atomic E-state index is 13.3. The molecule has 0 aliphatic carbocycles. The number of carbonyl (C=O) groups excluding carboxylic acids is 2. The number of halogens is 5. The Morgan fingerprint density at radius 1 is 0.950 bits per heavy atom. The van der Waals surface area contributed by atoms with E-state index in [4.69, 9.17) is 21.1 Å². The van der Waals surface area contributed by atoms with Crippen LogP contribution < -0.4 is 4.74 Å². The average Bonchev–Trinajstić information content (AvgIpc) is 2.93. The smallest absolute Gasteiger partial charge is 0.457 e. The average molecular weight is 577 g/mol. The Bertz CT molecular complexity index is 1370. The molecule has 2 fully saturated rings. The van der Waals surface area contributed by atoms with Crippen LogP contribution in [0.4, 0.5) is 17.6 Å². The Balaban J connectivity index is 1.27. The number of benzene rings is 3. The van der Waals surface area contributed by atoms with E-state index in [2.05, 4.69) is 4.90 Å². The molecule has 2 heterocycles. The van der Waals surface area contributed by atoms with Crippen molar-refractivity contribution in [3.63, 3.8) is 0 Å². The molecule has 0 aromatic heterocycles. The summed E-state index contributed by atoms with van der Waals surface area (Å²) >= 11 is 5.89. The van der Waals surface area contributed by atoms with Gasteiger partial charge in [0.25, 0.3) is 5.91 Å². The third-order valence-electron chi connectivity index (χ3n) is 7.35. The number of nitrogens with zero attached hydrogens (tertiary/aromatic N) is 2. The van der Waals surface area contributed by atoms with Crippen LogP contribution in [0, 0.1) is 11.2 Å². The third-order valence-corrected chi connectivity index (χ3v) is 7.61. The summed E-state index contributed by atoms with van der Waals surface area (Å²) in [5.41, 5.74) is 0.336. The summed E-state index contributed by atoms with van der Waals surface area (Å²) in [6, 6.07) is 19.1. The molecule has 11 heteroatoms. The fourth-order valence-corrected chi connectivity index (χ4v) is 5.30. The molecule has 2 aliphatic rings. The number of hydrogen-bond acceptors (Lipinski definition) is 5. The molecule has 2 saturated heterocycles. The Morgan fingerprint density at radius 2 is 1.60 bits per heavy atom. The zero-order valence-corrected chi connectivity index (χ0v) is 21.9. The summed E-state index contributed by atoms with van der Waals surface area (Å²) in [5, 5.41) is 0.411. The van der Waals surface area contributed by atoms with Crippen molar-refractivity contribution < 1.29 is 36.6 Å². The van der Waals surface area contributed by atoms with Gasteiger partial charge in [-0.2, -0.15) is 13.2 Å². The standard InChI is InChI=1S/C29H25ClF4N2O4/c30-21-7-5-19(6-8-21)25(37)36-18-28(26(36)40-27(38)29(32,33)34)13-15-35(16-14-28)17-20-3-1-2-4-24(20)39-23-11-9-22(31)10-12-23/h1-12,26H,13-18H2. The van der Waals surface area contributed by atoms with Crippen molar-refractivity contribution in [2.24, 2.45) is 5.41 Å². The molecule has 3 aromatic carbocycles. The van der Waals surface area contributed by atoms with E-state index in [1.54, 1.807) is 0 Å². The highest BCUT2D eigenvalue weighted by Gasteiger charge is 2.59. The second-order valence-corrected chi connectivity index (χ2v) is 10.4. The number of para-hydroxylation sites is 1. The van der Waals surface area contributed by atoms with Gasteiger partial charge in [0.1, 0.15) is 17.3 Å². The van der Waals surface area contributed by atoms with E-state index < -0.39 is 29.7 Å². The molecule has 5 rings (SSSR count). The zero-order chi connectivity index (χ0) is 28.5. The van der Waals surface area contributed by atoms with Crippen LogP contribution >= 0.6 is 11.6 Å². The SMILES string of the molecule is O=C(c1ccc(Cl)cc1)N1CC2(CCN(Cc3ccccc3Oc3ccc(F)cc3)CC2)C1OC(=O)C(F)(F)F. The van der Waals surface area contributed by atoms with Gasteiger partial charge >= 0.3 is 12.1 Å². The van der Waals surface area contributed by atoms with Crippen molar-refractivity contribution in [1.82, 2.24) is 9.80 Å². The molecule has 40 heavy (non-hydrogen) atoms. The molecule has 1 amide bonds. The Kier molecular flexibility index (Phi) is 7.74. The lowest BCUT2D eigenvalue weighted by Gasteiger charge is -2.58. The lowest BCUT2D eigenvalue weighted by Crippen LogP contribution is -2.70. The van der Waals surface area contributed by atoms with Gasteiger partial charge in [-0.3, -0.25) is 9.69 Å². The van der Waals surface area contributed by atoms with Gasteiger partial charge < -0.3 is 14.4 Å². The largest absolute Gasteiger partial charge is 0.491 e. The highest BCUT2D eigenvalue weighted by Crippen LogP contribution is 2.48. The van der Waals surface area contributed by atoms with E-state index in [-0.39, 0.29) is 17.9 Å². The first-order valence-corrected chi connectivity index (χ1v) is 13.0. The lowest BCUT2D eigenvalue weighted by molar-refractivity contribution is -0.248. The van der Waals surface area contributed by atoms with Crippen LogP contribution in [0.2, 0.25) is 5.02 Å². The fourth-order valence-electron chi connectivity index (χ4n) is 5.18. The number of esters is 1. The van der Waals surface area contributed by atoms with Crippen molar-refractivity contribution in [2.45, 2.75) is 31.8 Å². The third kappa shape index (κ3) is 5.93. The quantitative estimate of drug-likeness (QED) is 0.250. The van der Waals surface area contributed by atoms with Gasteiger partial charge in [-0.05, 0) is 80.5 Å². The van der Waals surface area contributed by atoms with Crippen molar-refractivity contribution in [3.05, 3.63) is 94.8 Å². The van der Waals surface area contributed by atoms with E-state index in [0.717, 1.165) is 5.56 Å². The van der Waals surface area contributed by atoms with Crippen LogP contribution in [0.1, 0.15) is 28.8 Å². The number of carbonyl (C=O) groups is 2. The summed E-state index contributed by atoms with van der Waals surface area (Å²) in [7, 11) is 0. The molecule has 1 spiro atoms. The lowest BCUT2D eigenvalue weighted by atomic mass is 9.69. The van der Waals surface area contributed by atoms with Crippen LogP contribution in [0.3, 0.4) is 0 Å². The first-order valence-electron chi connectivity index (χ1n) is 12.6. The summed E-state index contributed by atoms with van der Waals surface area (Å²) in [4.78, 5) is 28.2. The molecule has 0 N–H and O–H groups in total. The zero-order valence-electron chi connectivity index (χ0n) is 21.2. The number of likely N-dealkylation sites (tertiary alicyclic amines) is 2. The molecule has 2 aliphatic heterocycles. The molecule has 0 saturated carbocycles. The van der Waals surface area contributed by atoms with Crippen molar-refractivity contribution in [1.29, 1.82) is 0 Å². The number of alkyl halides is 3. The van der Waals surface area contributed by atoms with Crippen molar-refractivity contribution in [2.75, 3.05) is 19.6 Å². The first kappa shape index (κ1) is 27.9. The summed E-state index contributed by atoms with van der Waals surface area (Å²) in [5.74, 6) is -2.13. The minimum Gasteiger partial charge on any atom is -0.457 e. The second-order valence-electron chi connectivity index (χ2n) is 10.00. The van der Waals surface area contributed by atoms with Gasteiger partial charge in [-0.1, -0.05) is 29.8 Å². The molecule has 3 aromatic rings. The maximum Gasteiger partial charge on any atom is 0.491 e. The summed E-state index contributed by atoms with van der Waals surface area (Å²) in [6.07, 6.45) is -5.66. The Hall–Kier alpha value is -3.63. The number of rotatable bonds is 6. The van der Waals surface area contributed by atoms with Crippen molar-refractivity contribution >= 4 is 23.5 Å². The summed E-state index contributed by atoms with van der Waals surface area (Å²) < 4.78 is 63.5. The van der Waals surface area contributed by atoms with Gasteiger partial charge in [-0.15, -0.1) is 0 Å². The molecule has 6 nitrogen and oxygen atoms in total.